The van der Waals surface area contributed by atoms with Crippen molar-refractivity contribution in [1.82, 2.24) is 14.7 Å². The van der Waals surface area contributed by atoms with Gasteiger partial charge in [-0.1, -0.05) is 17.7 Å². The van der Waals surface area contributed by atoms with Gasteiger partial charge >= 0.3 is 6.18 Å². The number of hydrogen-bond acceptors (Lipinski definition) is 5. The third-order valence-electron chi connectivity index (χ3n) is 5.69. The highest BCUT2D eigenvalue weighted by atomic mass is 35.5. The average molecular weight is 536 g/mol. The molecule has 3 N–H and O–H groups in total. The largest absolute Gasteiger partial charge is 0.486 e. The van der Waals surface area contributed by atoms with Crippen molar-refractivity contribution in [2.75, 3.05) is 5.32 Å². The summed E-state index contributed by atoms with van der Waals surface area (Å²) in [5.41, 5.74) is -0.736. The maximum atomic E-state index is 14.3. The lowest BCUT2D eigenvalue weighted by molar-refractivity contribution is -0.138. The van der Waals surface area contributed by atoms with E-state index in [0.717, 1.165) is 6.07 Å². The molecule has 0 unspecified atom stereocenters. The summed E-state index contributed by atoms with van der Waals surface area (Å²) in [5.74, 6) is -1.08. The fraction of sp³-hybridized carbons (Fsp3) is 0.208. The molecule has 2 aromatic carbocycles. The third-order valence-corrected chi connectivity index (χ3v) is 6.01. The maximum absolute atomic E-state index is 14.3. The molecule has 2 aromatic heterocycles. The van der Waals surface area contributed by atoms with E-state index in [2.05, 4.69) is 20.3 Å². The van der Waals surface area contributed by atoms with Gasteiger partial charge in [0.2, 0.25) is 5.95 Å². The van der Waals surface area contributed by atoms with Gasteiger partial charge in [0.15, 0.2) is 5.49 Å². The molecule has 1 amide bonds. The van der Waals surface area contributed by atoms with Crippen LogP contribution in [0.1, 0.15) is 35.3 Å². The molecule has 0 fully saturated rings. The van der Waals surface area contributed by atoms with Crippen molar-refractivity contribution in [3.63, 3.8) is 0 Å². The van der Waals surface area contributed by atoms with E-state index < -0.39 is 34.6 Å². The number of halogens is 5. The number of imidazole rings is 1. The van der Waals surface area contributed by atoms with Crippen molar-refractivity contribution in [2.45, 2.75) is 32.0 Å². The fourth-order valence-electron chi connectivity index (χ4n) is 4.08. The van der Waals surface area contributed by atoms with Crippen LogP contribution in [0.2, 0.25) is 5.02 Å². The zero-order valence-corrected chi connectivity index (χ0v) is 20.0. The van der Waals surface area contributed by atoms with E-state index >= 15 is 0 Å². The average Bonchev–Trinajstić information content (AvgIpc) is 3.35. The number of nitrogens with one attached hydrogen (secondary N) is 2. The van der Waals surface area contributed by atoms with Crippen molar-refractivity contribution < 1.29 is 32.3 Å². The minimum absolute atomic E-state index is 0.00657. The molecule has 0 saturated heterocycles. The molecule has 0 bridgehead atoms. The lowest BCUT2D eigenvalue weighted by atomic mass is 9.99. The number of carbonyl (C=O) groups is 1. The first-order valence-electron chi connectivity index (χ1n) is 10.9. The Hall–Kier alpha value is -4.06. The highest BCUT2D eigenvalue weighted by molar-refractivity contribution is 6.33. The predicted octanol–water partition coefficient (Wildman–Crippen LogP) is 5.61. The Kier molecular flexibility index (Phi) is 5.66. The Bertz CT molecular complexity index is 1620. The number of ether oxygens (including phenoxy) is 1. The molecular weight excluding hydrogens is 518 g/mol. The zero-order chi connectivity index (χ0) is 26.7. The first-order valence-corrected chi connectivity index (χ1v) is 11.2. The van der Waals surface area contributed by atoms with Gasteiger partial charge in [-0.3, -0.25) is 4.79 Å². The second kappa shape index (κ2) is 8.51. The molecule has 8 nitrogen and oxygen atoms in total. The zero-order valence-electron chi connectivity index (χ0n) is 19.2. The lowest BCUT2D eigenvalue weighted by Crippen LogP contribution is -2.25. The SMILES string of the molecule is CC1(C)Cc2c(c(C(=O)N=c3ccc(C(F)(F)F)cn3O)cc3[nH]c(Nc4c(F)cccc4Cl)nc23)O1. The summed E-state index contributed by atoms with van der Waals surface area (Å²) in [6, 6.07) is 7.21. The van der Waals surface area contributed by atoms with Crippen LogP contribution in [0.15, 0.2) is 47.6 Å². The molecule has 37 heavy (non-hydrogen) atoms. The van der Waals surface area contributed by atoms with Crippen LogP contribution in [0.25, 0.3) is 11.0 Å². The second-order valence-electron chi connectivity index (χ2n) is 9.01. The number of H-pyrrole nitrogens is 1. The first kappa shape index (κ1) is 24.6. The van der Waals surface area contributed by atoms with Crippen molar-refractivity contribution >= 4 is 40.2 Å². The van der Waals surface area contributed by atoms with Crippen LogP contribution < -0.4 is 15.5 Å². The number of amides is 1. The fourth-order valence-corrected chi connectivity index (χ4v) is 4.29. The van der Waals surface area contributed by atoms with E-state index in [1.54, 1.807) is 0 Å². The summed E-state index contributed by atoms with van der Waals surface area (Å²) in [4.78, 5) is 24.4. The number of pyridine rings is 1. The number of para-hydroxylation sites is 1. The Morgan fingerprint density at radius 1 is 1.30 bits per heavy atom. The van der Waals surface area contributed by atoms with Crippen LogP contribution in [0.5, 0.6) is 5.75 Å². The van der Waals surface area contributed by atoms with Crippen LogP contribution in [-0.2, 0) is 12.6 Å². The second-order valence-corrected chi connectivity index (χ2v) is 9.42. The smallest absolute Gasteiger partial charge is 0.417 e. The van der Waals surface area contributed by atoms with Gasteiger partial charge in [0.25, 0.3) is 5.91 Å². The van der Waals surface area contributed by atoms with Gasteiger partial charge in [0, 0.05) is 12.0 Å². The molecule has 1 aliphatic heterocycles. The molecule has 0 radical (unpaired) electrons. The Morgan fingerprint density at radius 3 is 2.73 bits per heavy atom. The Balaban J connectivity index is 1.60. The summed E-state index contributed by atoms with van der Waals surface area (Å²) in [5, 5.41) is 12.9. The van der Waals surface area contributed by atoms with Crippen LogP contribution in [0.3, 0.4) is 0 Å². The van der Waals surface area contributed by atoms with E-state index in [4.69, 9.17) is 16.3 Å². The van der Waals surface area contributed by atoms with E-state index in [0.29, 0.717) is 35.3 Å². The number of aromatic amines is 1. The minimum Gasteiger partial charge on any atom is -0.486 e. The van der Waals surface area contributed by atoms with Gasteiger partial charge in [-0.05, 0) is 44.2 Å². The summed E-state index contributed by atoms with van der Waals surface area (Å²) < 4.78 is 59.1. The van der Waals surface area contributed by atoms with Gasteiger partial charge in [-0.2, -0.15) is 22.9 Å². The molecule has 3 heterocycles. The molecule has 0 aliphatic carbocycles. The molecule has 192 valence electrons. The Morgan fingerprint density at radius 2 is 2.05 bits per heavy atom. The number of carbonyl (C=O) groups excluding carboxylic acids is 1. The number of nitrogens with zero attached hydrogens (tertiary/aromatic N) is 3. The van der Waals surface area contributed by atoms with E-state index in [-0.39, 0.29) is 32.7 Å². The van der Waals surface area contributed by atoms with E-state index in [9.17, 15) is 27.6 Å². The number of fused-ring (bicyclic) bond motifs is 3. The number of alkyl halides is 3. The predicted molar refractivity (Wildman–Crippen MR) is 126 cm³/mol. The standard InChI is InChI=1S/C24H18ClF4N5O3/c1-23(2)9-13-18-16(30-22(32-18)33-19-14(25)4-3-5-15(19)26)8-12(20(13)37-23)21(35)31-17-7-6-11(10-34(17)36)24(27,28)29/h3-8,10,36H,9H2,1-2H3,(H2,30,32,33). The quantitative estimate of drug-likeness (QED) is 0.234. The molecular formula is C24H18ClF4N5O3. The third kappa shape index (κ3) is 4.59. The van der Waals surface area contributed by atoms with Crippen molar-refractivity contribution in [3.8, 4) is 5.75 Å². The maximum Gasteiger partial charge on any atom is 0.417 e. The molecule has 0 saturated carbocycles. The van der Waals surface area contributed by atoms with Crippen molar-refractivity contribution in [3.05, 3.63) is 75.6 Å². The number of rotatable bonds is 3. The van der Waals surface area contributed by atoms with Crippen LogP contribution >= 0.6 is 11.6 Å². The van der Waals surface area contributed by atoms with Crippen LogP contribution in [-0.4, -0.2) is 31.4 Å². The van der Waals surface area contributed by atoms with Crippen molar-refractivity contribution in [2.24, 2.45) is 4.99 Å². The molecule has 1 aliphatic rings. The summed E-state index contributed by atoms with van der Waals surface area (Å²) in [7, 11) is 0. The van der Waals surface area contributed by atoms with Gasteiger partial charge in [0.05, 0.1) is 39.1 Å². The van der Waals surface area contributed by atoms with Crippen molar-refractivity contribution in [1.29, 1.82) is 0 Å². The van der Waals surface area contributed by atoms with Gasteiger partial charge in [-0.25, -0.2) is 9.37 Å². The summed E-state index contributed by atoms with van der Waals surface area (Å²) in [6.07, 6.45) is -3.89. The van der Waals surface area contributed by atoms with Crippen LogP contribution in [0, 0.1) is 5.82 Å². The van der Waals surface area contributed by atoms with Crippen LogP contribution in [0.4, 0.5) is 29.2 Å². The number of aromatic nitrogens is 3. The number of benzene rings is 2. The van der Waals surface area contributed by atoms with Gasteiger partial charge in [-0.15, -0.1) is 0 Å². The van der Waals surface area contributed by atoms with E-state index in [1.807, 2.05) is 13.8 Å². The molecule has 4 aromatic rings. The summed E-state index contributed by atoms with van der Waals surface area (Å²) >= 11 is 6.09. The topological polar surface area (TPSA) is 105 Å². The molecule has 13 heteroatoms. The highest BCUT2D eigenvalue weighted by Gasteiger charge is 2.36. The molecule has 0 spiro atoms. The number of hydrogen-bond donors (Lipinski definition) is 3. The van der Waals surface area contributed by atoms with Gasteiger partial charge in [0.1, 0.15) is 17.2 Å². The lowest BCUT2D eigenvalue weighted by Gasteiger charge is -2.17. The monoisotopic (exact) mass is 535 g/mol. The van der Waals surface area contributed by atoms with Gasteiger partial charge < -0.3 is 20.2 Å². The minimum atomic E-state index is -4.68. The van der Waals surface area contributed by atoms with E-state index in [1.165, 1.54) is 24.3 Å². The summed E-state index contributed by atoms with van der Waals surface area (Å²) in [6.45, 7) is 3.62. The highest BCUT2D eigenvalue weighted by Crippen LogP contribution is 2.42. The molecule has 0 atom stereocenters. The molecule has 5 rings (SSSR count). The Labute approximate surface area is 211 Å². The first-order chi connectivity index (χ1) is 17.3. The number of anilines is 2. The normalized spacial score (nSPS) is 15.1.